The lowest BCUT2D eigenvalue weighted by atomic mass is 9.98. The quantitative estimate of drug-likeness (QED) is 0.740. The second-order valence-electron chi connectivity index (χ2n) is 3.47. The molecule has 0 saturated heterocycles. The van der Waals surface area contributed by atoms with Crippen molar-refractivity contribution < 1.29 is 4.79 Å². The summed E-state index contributed by atoms with van der Waals surface area (Å²) in [5.41, 5.74) is 8.42. The molecule has 0 aliphatic rings. The third-order valence-electron chi connectivity index (χ3n) is 2.26. The van der Waals surface area contributed by atoms with Crippen molar-refractivity contribution in [2.75, 3.05) is 0 Å². The summed E-state index contributed by atoms with van der Waals surface area (Å²) in [7, 11) is 0. The van der Waals surface area contributed by atoms with Crippen LogP contribution in [0.2, 0.25) is 0 Å². The Morgan fingerprint density at radius 2 is 1.86 bits per heavy atom. The van der Waals surface area contributed by atoms with Crippen LogP contribution in [0.25, 0.3) is 0 Å². The minimum Gasteiger partial charge on any atom is -0.320 e. The van der Waals surface area contributed by atoms with Gasteiger partial charge in [-0.1, -0.05) is 36.4 Å². The molecule has 0 aliphatic carbocycles. The van der Waals surface area contributed by atoms with Crippen LogP contribution in [-0.2, 0) is 4.79 Å². The van der Waals surface area contributed by atoms with Gasteiger partial charge in [0.25, 0.3) is 0 Å². The predicted octanol–water partition coefficient (Wildman–Crippen LogP) is 2.14. The molecule has 1 atom stereocenters. The molecule has 1 aromatic rings. The van der Waals surface area contributed by atoms with Crippen LogP contribution in [-0.4, -0.2) is 5.78 Å². The summed E-state index contributed by atoms with van der Waals surface area (Å²) >= 11 is 0. The van der Waals surface area contributed by atoms with Crippen molar-refractivity contribution in [3.8, 4) is 0 Å². The summed E-state index contributed by atoms with van der Waals surface area (Å²) in [5.74, 6) is -0.0573. The van der Waals surface area contributed by atoms with E-state index in [0.29, 0.717) is 5.57 Å². The highest BCUT2D eigenvalue weighted by molar-refractivity contribution is 5.93. The molecule has 14 heavy (non-hydrogen) atoms. The molecule has 0 bridgehead atoms. The van der Waals surface area contributed by atoms with E-state index in [1.807, 2.05) is 31.2 Å². The maximum absolute atomic E-state index is 11.0. The van der Waals surface area contributed by atoms with E-state index in [1.165, 1.54) is 12.5 Å². The minimum absolute atomic E-state index is 0.0573. The van der Waals surface area contributed by atoms with Crippen molar-refractivity contribution in [3.63, 3.8) is 0 Å². The molecule has 0 spiro atoms. The molecule has 1 rings (SSSR count). The van der Waals surface area contributed by atoms with E-state index in [4.69, 9.17) is 5.73 Å². The number of carbonyl (C=O) groups is 1. The monoisotopic (exact) mass is 189 g/mol. The molecule has 0 aromatic heterocycles. The molecule has 1 unspecified atom stereocenters. The highest BCUT2D eigenvalue weighted by Gasteiger charge is 2.12. The van der Waals surface area contributed by atoms with Gasteiger partial charge in [-0.15, -0.1) is 0 Å². The van der Waals surface area contributed by atoms with Gasteiger partial charge in [-0.3, -0.25) is 4.79 Å². The molecule has 74 valence electrons. The summed E-state index contributed by atoms with van der Waals surface area (Å²) in [4.78, 5) is 11.0. The number of hydrogen-bond acceptors (Lipinski definition) is 2. The lowest BCUT2D eigenvalue weighted by molar-refractivity contribution is -0.113. The van der Waals surface area contributed by atoms with Gasteiger partial charge < -0.3 is 5.73 Å². The molecule has 1 aromatic carbocycles. The van der Waals surface area contributed by atoms with E-state index in [2.05, 4.69) is 6.58 Å². The minimum atomic E-state index is -0.381. The van der Waals surface area contributed by atoms with Crippen molar-refractivity contribution in [1.82, 2.24) is 0 Å². The van der Waals surface area contributed by atoms with Crippen LogP contribution in [0, 0.1) is 6.92 Å². The Kier molecular flexibility index (Phi) is 3.20. The first kappa shape index (κ1) is 10.7. The van der Waals surface area contributed by atoms with Gasteiger partial charge >= 0.3 is 0 Å². The standard InChI is InChI=1S/C12H15NO/c1-8-4-6-11(7-5-8)12(13)9(2)10(3)14/h4-7,12H,2,13H2,1,3H3. The lowest BCUT2D eigenvalue weighted by Gasteiger charge is -2.12. The largest absolute Gasteiger partial charge is 0.320 e. The fourth-order valence-electron chi connectivity index (χ4n) is 1.19. The number of Topliss-reactive ketones (excluding diaryl/α,β-unsaturated/α-hetero) is 1. The fraction of sp³-hybridized carbons (Fsp3) is 0.250. The highest BCUT2D eigenvalue weighted by atomic mass is 16.1. The summed E-state index contributed by atoms with van der Waals surface area (Å²) in [6.45, 7) is 7.17. The van der Waals surface area contributed by atoms with E-state index < -0.39 is 0 Å². The summed E-state index contributed by atoms with van der Waals surface area (Å²) < 4.78 is 0. The van der Waals surface area contributed by atoms with Gasteiger partial charge in [0.05, 0.1) is 6.04 Å². The summed E-state index contributed by atoms with van der Waals surface area (Å²) in [5, 5.41) is 0. The Bertz CT molecular complexity index is 351. The van der Waals surface area contributed by atoms with Crippen LogP contribution in [0.1, 0.15) is 24.1 Å². The van der Waals surface area contributed by atoms with Crippen molar-refractivity contribution in [1.29, 1.82) is 0 Å². The third kappa shape index (κ3) is 2.30. The molecular formula is C12H15NO. The van der Waals surface area contributed by atoms with Gasteiger partial charge in [-0.05, 0) is 19.4 Å². The first-order chi connectivity index (χ1) is 6.52. The molecule has 0 heterocycles. The maximum atomic E-state index is 11.0. The molecule has 0 fully saturated rings. The van der Waals surface area contributed by atoms with E-state index in [-0.39, 0.29) is 11.8 Å². The Balaban J connectivity index is 2.89. The maximum Gasteiger partial charge on any atom is 0.157 e. The number of rotatable bonds is 3. The van der Waals surface area contributed by atoms with Crippen LogP contribution in [0.15, 0.2) is 36.4 Å². The van der Waals surface area contributed by atoms with Crippen molar-refractivity contribution in [2.24, 2.45) is 5.73 Å². The van der Waals surface area contributed by atoms with Gasteiger partial charge in [-0.2, -0.15) is 0 Å². The number of hydrogen-bond donors (Lipinski definition) is 1. The lowest BCUT2D eigenvalue weighted by Crippen LogP contribution is -2.16. The Hall–Kier alpha value is -1.41. The van der Waals surface area contributed by atoms with Gasteiger partial charge in [0.15, 0.2) is 5.78 Å². The van der Waals surface area contributed by atoms with E-state index in [1.54, 1.807) is 0 Å². The molecule has 2 N–H and O–H groups in total. The predicted molar refractivity (Wildman–Crippen MR) is 57.9 cm³/mol. The molecule has 0 aliphatic heterocycles. The van der Waals surface area contributed by atoms with Crippen molar-refractivity contribution in [3.05, 3.63) is 47.5 Å². The average Bonchev–Trinajstić information content (AvgIpc) is 2.16. The van der Waals surface area contributed by atoms with E-state index in [9.17, 15) is 4.79 Å². The first-order valence-corrected chi connectivity index (χ1v) is 4.54. The fourth-order valence-corrected chi connectivity index (χ4v) is 1.19. The van der Waals surface area contributed by atoms with Crippen LogP contribution in [0.3, 0.4) is 0 Å². The number of carbonyl (C=O) groups excluding carboxylic acids is 1. The number of nitrogens with two attached hydrogens (primary N) is 1. The second-order valence-corrected chi connectivity index (χ2v) is 3.47. The summed E-state index contributed by atoms with van der Waals surface area (Å²) in [6, 6.07) is 7.42. The SMILES string of the molecule is C=C(C(C)=O)C(N)c1ccc(C)cc1. The number of ketones is 1. The van der Waals surface area contributed by atoms with Gasteiger partial charge in [0, 0.05) is 5.57 Å². The van der Waals surface area contributed by atoms with Crippen LogP contribution in [0.4, 0.5) is 0 Å². The summed E-state index contributed by atoms with van der Waals surface area (Å²) in [6.07, 6.45) is 0. The zero-order valence-electron chi connectivity index (χ0n) is 8.58. The first-order valence-electron chi connectivity index (χ1n) is 4.54. The third-order valence-corrected chi connectivity index (χ3v) is 2.26. The highest BCUT2D eigenvalue weighted by Crippen LogP contribution is 2.18. The van der Waals surface area contributed by atoms with E-state index in [0.717, 1.165) is 5.56 Å². The number of benzene rings is 1. The molecular weight excluding hydrogens is 174 g/mol. The van der Waals surface area contributed by atoms with Crippen LogP contribution in [0.5, 0.6) is 0 Å². The molecule has 0 radical (unpaired) electrons. The normalized spacial score (nSPS) is 12.2. The zero-order valence-corrected chi connectivity index (χ0v) is 8.58. The van der Waals surface area contributed by atoms with E-state index >= 15 is 0 Å². The smallest absolute Gasteiger partial charge is 0.157 e. The van der Waals surface area contributed by atoms with Gasteiger partial charge in [-0.25, -0.2) is 0 Å². The second kappa shape index (κ2) is 4.20. The molecule has 0 saturated carbocycles. The number of aryl methyl sites for hydroxylation is 1. The average molecular weight is 189 g/mol. The molecule has 2 heteroatoms. The van der Waals surface area contributed by atoms with Crippen LogP contribution < -0.4 is 5.73 Å². The molecule has 0 amide bonds. The Morgan fingerprint density at radius 3 is 2.29 bits per heavy atom. The van der Waals surface area contributed by atoms with Crippen LogP contribution >= 0.6 is 0 Å². The van der Waals surface area contributed by atoms with Gasteiger partial charge in [0.2, 0.25) is 0 Å². The topological polar surface area (TPSA) is 43.1 Å². The molecule has 2 nitrogen and oxygen atoms in total. The Labute approximate surface area is 84.4 Å². The van der Waals surface area contributed by atoms with Crippen molar-refractivity contribution in [2.45, 2.75) is 19.9 Å². The Morgan fingerprint density at radius 1 is 1.36 bits per heavy atom. The van der Waals surface area contributed by atoms with Crippen molar-refractivity contribution >= 4 is 5.78 Å². The van der Waals surface area contributed by atoms with Gasteiger partial charge in [0.1, 0.15) is 0 Å². The zero-order chi connectivity index (χ0) is 10.7.